The SMILES string of the molecule is c1ccc(-c2nc3ccccc3c3c2cc(-c2cccc(N4c5ccccc5C5(c6ccccc6-c6ccccc65)c5ccccc54)c2)c2oc4ccccc4c23)cc1. The van der Waals surface area contributed by atoms with E-state index < -0.39 is 5.41 Å². The highest BCUT2D eigenvalue weighted by molar-refractivity contribution is 6.30. The lowest BCUT2D eigenvalue weighted by atomic mass is 9.64. The molecule has 59 heavy (non-hydrogen) atoms. The lowest BCUT2D eigenvalue weighted by Gasteiger charge is -2.45. The fourth-order valence-electron chi connectivity index (χ4n) is 10.5. The highest BCUT2D eigenvalue weighted by Crippen LogP contribution is 2.63. The van der Waals surface area contributed by atoms with E-state index in [1.807, 2.05) is 0 Å². The normalized spacial score (nSPS) is 13.5. The fraction of sp³-hybridized carbons (Fsp3) is 0.0179. The average Bonchev–Trinajstić information content (AvgIpc) is 3.84. The van der Waals surface area contributed by atoms with Crippen molar-refractivity contribution >= 4 is 60.7 Å². The van der Waals surface area contributed by atoms with E-state index in [-0.39, 0.29) is 0 Å². The van der Waals surface area contributed by atoms with Crippen molar-refractivity contribution in [2.45, 2.75) is 5.41 Å². The number of hydrogen-bond donors (Lipinski definition) is 0. The van der Waals surface area contributed by atoms with Crippen LogP contribution >= 0.6 is 0 Å². The molecule has 0 saturated heterocycles. The Morgan fingerprint density at radius 3 is 1.71 bits per heavy atom. The second-order valence-corrected chi connectivity index (χ2v) is 15.8. The standard InChI is InChI=1S/C56H34N2O/c1-2-17-35(18-3-1)54-43-34-42(55-53(41-24-7-15-32-51(41)59-55)52(43)40-23-6-12-29-48(40)57-54)36-19-16-20-37(33-36)58-49-30-13-10-27-46(49)56(47-28-11-14-31-50(47)58)44-25-8-4-21-38(44)39-22-5-9-26-45(39)56/h1-34H. The molecule has 1 spiro atoms. The summed E-state index contributed by atoms with van der Waals surface area (Å²) < 4.78 is 6.93. The Balaban J connectivity index is 1.09. The van der Waals surface area contributed by atoms with Crippen molar-refractivity contribution in [1.29, 1.82) is 0 Å². The second-order valence-electron chi connectivity index (χ2n) is 15.8. The number of fused-ring (bicyclic) bond motifs is 16. The van der Waals surface area contributed by atoms with Gasteiger partial charge in [0.1, 0.15) is 11.2 Å². The van der Waals surface area contributed by atoms with Crippen LogP contribution < -0.4 is 4.90 Å². The Morgan fingerprint density at radius 2 is 0.983 bits per heavy atom. The first kappa shape index (κ1) is 32.3. The summed E-state index contributed by atoms with van der Waals surface area (Å²) >= 11 is 0. The third kappa shape index (κ3) is 4.34. The zero-order valence-corrected chi connectivity index (χ0v) is 31.9. The molecule has 3 nitrogen and oxygen atoms in total. The Kier molecular flexibility index (Phi) is 6.65. The number of hydrogen-bond acceptors (Lipinski definition) is 3. The summed E-state index contributed by atoms with van der Waals surface area (Å²) in [6.07, 6.45) is 0. The largest absolute Gasteiger partial charge is 0.455 e. The predicted octanol–water partition coefficient (Wildman–Crippen LogP) is 14.8. The minimum Gasteiger partial charge on any atom is -0.455 e. The van der Waals surface area contributed by atoms with Gasteiger partial charge in [0.25, 0.3) is 0 Å². The first-order valence-corrected chi connectivity index (χ1v) is 20.3. The molecule has 2 aliphatic rings. The van der Waals surface area contributed by atoms with Gasteiger partial charge in [-0.25, -0.2) is 4.98 Å². The number of benzene rings is 9. The van der Waals surface area contributed by atoms with Crippen LogP contribution in [0, 0.1) is 0 Å². The van der Waals surface area contributed by atoms with Gasteiger partial charge in [-0.1, -0.05) is 164 Å². The molecule has 11 aromatic rings. The predicted molar refractivity (Wildman–Crippen MR) is 243 cm³/mol. The summed E-state index contributed by atoms with van der Waals surface area (Å²) in [6, 6.07) is 74.8. The van der Waals surface area contributed by atoms with Gasteiger partial charge in [-0.05, 0) is 81.4 Å². The monoisotopic (exact) mass is 750 g/mol. The molecular formula is C56H34N2O. The molecular weight excluding hydrogens is 717 g/mol. The van der Waals surface area contributed by atoms with E-state index in [0.717, 1.165) is 71.7 Å². The van der Waals surface area contributed by atoms with E-state index in [4.69, 9.17) is 9.40 Å². The topological polar surface area (TPSA) is 29.3 Å². The highest BCUT2D eigenvalue weighted by Gasteiger charge is 2.51. The summed E-state index contributed by atoms with van der Waals surface area (Å²) in [5.74, 6) is 0. The molecule has 9 aromatic carbocycles. The van der Waals surface area contributed by atoms with Gasteiger partial charge in [0.2, 0.25) is 0 Å². The summed E-state index contributed by atoms with van der Waals surface area (Å²) in [5.41, 5.74) is 17.6. The number of nitrogens with zero attached hydrogens (tertiary/aromatic N) is 2. The molecule has 3 heteroatoms. The van der Waals surface area contributed by atoms with E-state index in [1.165, 1.54) is 44.8 Å². The summed E-state index contributed by atoms with van der Waals surface area (Å²) in [5, 5.41) is 5.59. The molecule has 274 valence electrons. The first-order valence-electron chi connectivity index (χ1n) is 20.3. The molecule has 0 fully saturated rings. The highest BCUT2D eigenvalue weighted by atomic mass is 16.3. The van der Waals surface area contributed by atoms with Crippen molar-refractivity contribution in [2.24, 2.45) is 0 Å². The van der Waals surface area contributed by atoms with Gasteiger partial charge in [-0.15, -0.1) is 0 Å². The molecule has 0 radical (unpaired) electrons. The molecule has 0 amide bonds. The molecule has 0 unspecified atom stereocenters. The summed E-state index contributed by atoms with van der Waals surface area (Å²) in [7, 11) is 0. The first-order chi connectivity index (χ1) is 29.3. The zero-order valence-electron chi connectivity index (χ0n) is 31.9. The van der Waals surface area contributed by atoms with Crippen LogP contribution in [0.4, 0.5) is 17.1 Å². The van der Waals surface area contributed by atoms with Crippen LogP contribution in [0.15, 0.2) is 211 Å². The molecule has 0 N–H and O–H groups in total. The van der Waals surface area contributed by atoms with Gasteiger partial charge in [-0.3, -0.25) is 0 Å². The third-order valence-corrected chi connectivity index (χ3v) is 12.8. The maximum Gasteiger partial charge on any atom is 0.143 e. The van der Waals surface area contributed by atoms with E-state index in [0.29, 0.717) is 0 Å². The smallest absolute Gasteiger partial charge is 0.143 e. The lowest BCUT2D eigenvalue weighted by molar-refractivity contribution is 0.670. The molecule has 13 rings (SSSR count). The van der Waals surface area contributed by atoms with Crippen molar-refractivity contribution in [3.8, 4) is 33.5 Å². The van der Waals surface area contributed by atoms with Crippen molar-refractivity contribution < 1.29 is 4.42 Å². The van der Waals surface area contributed by atoms with Crippen molar-refractivity contribution in [3.63, 3.8) is 0 Å². The van der Waals surface area contributed by atoms with E-state index in [1.54, 1.807) is 0 Å². The van der Waals surface area contributed by atoms with Crippen LogP contribution in [0.3, 0.4) is 0 Å². The number of para-hydroxylation sites is 4. The zero-order chi connectivity index (χ0) is 38.7. The maximum absolute atomic E-state index is 6.93. The minimum atomic E-state index is -0.461. The molecule has 0 saturated carbocycles. The van der Waals surface area contributed by atoms with E-state index in [9.17, 15) is 0 Å². The van der Waals surface area contributed by atoms with Gasteiger partial charge in [0, 0.05) is 43.7 Å². The second kappa shape index (κ2) is 12.1. The molecule has 2 aromatic heterocycles. The fourth-order valence-corrected chi connectivity index (χ4v) is 10.5. The van der Waals surface area contributed by atoms with Crippen LogP contribution in [0.1, 0.15) is 22.3 Å². The number of aromatic nitrogens is 1. The lowest BCUT2D eigenvalue weighted by Crippen LogP contribution is -2.36. The molecule has 0 bridgehead atoms. The number of furan rings is 1. The van der Waals surface area contributed by atoms with Gasteiger partial charge in [-0.2, -0.15) is 0 Å². The van der Waals surface area contributed by atoms with Crippen LogP contribution in [0.25, 0.3) is 77.1 Å². The average molecular weight is 751 g/mol. The molecule has 0 atom stereocenters. The third-order valence-electron chi connectivity index (χ3n) is 12.8. The number of pyridine rings is 1. The van der Waals surface area contributed by atoms with Crippen molar-refractivity contribution in [3.05, 3.63) is 229 Å². The van der Waals surface area contributed by atoms with Crippen molar-refractivity contribution in [1.82, 2.24) is 4.98 Å². The molecule has 1 aliphatic carbocycles. The van der Waals surface area contributed by atoms with E-state index in [2.05, 4.69) is 211 Å². The Morgan fingerprint density at radius 1 is 0.407 bits per heavy atom. The van der Waals surface area contributed by atoms with Crippen LogP contribution in [-0.2, 0) is 5.41 Å². The van der Waals surface area contributed by atoms with Gasteiger partial charge in [0.05, 0.1) is 28.0 Å². The number of anilines is 3. The Bertz CT molecular complexity index is 3430. The Labute approximate surface area is 341 Å². The maximum atomic E-state index is 6.93. The summed E-state index contributed by atoms with van der Waals surface area (Å²) in [6.45, 7) is 0. The van der Waals surface area contributed by atoms with Gasteiger partial charge < -0.3 is 9.32 Å². The Hall–Kier alpha value is -7.75. The molecule has 1 aliphatic heterocycles. The minimum absolute atomic E-state index is 0.461. The summed E-state index contributed by atoms with van der Waals surface area (Å²) in [4.78, 5) is 7.81. The van der Waals surface area contributed by atoms with Crippen LogP contribution in [0.5, 0.6) is 0 Å². The van der Waals surface area contributed by atoms with Crippen LogP contribution in [0.2, 0.25) is 0 Å². The quantitative estimate of drug-likeness (QED) is 0.168. The molecule has 3 heterocycles. The van der Waals surface area contributed by atoms with Crippen molar-refractivity contribution in [2.75, 3.05) is 4.90 Å². The van der Waals surface area contributed by atoms with Gasteiger partial charge in [0.15, 0.2) is 0 Å². The number of rotatable bonds is 3. The van der Waals surface area contributed by atoms with E-state index >= 15 is 0 Å². The van der Waals surface area contributed by atoms with Crippen LogP contribution in [-0.4, -0.2) is 4.98 Å². The van der Waals surface area contributed by atoms with Gasteiger partial charge >= 0.3 is 0 Å².